The Morgan fingerprint density at radius 3 is 2.04 bits per heavy atom. The van der Waals surface area contributed by atoms with Gasteiger partial charge in [0, 0.05) is 24.0 Å². The maximum Gasteiger partial charge on any atom is 0.264 e. The normalized spacial score (nSPS) is 14.1. The van der Waals surface area contributed by atoms with Gasteiger partial charge >= 0.3 is 0 Å². The highest BCUT2D eigenvalue weighted by molar-refractivity contribution is 7.92. The van der Waals surface area contributed by atoms with Gasteiger partial charge in [0.25, 0.3) is 10.0 Å². The maximum atomic E-state index is 14.6. The second-order valence-corrected chi connectivity index (χ2v) is 14.2. The maximum absolute atomic E-state index is 14.6. The Hall–Kier alpha value is -4.14. The Morgan fingerprint density at radius 1 is 0.826 bits per heavy atom. The van der Waals surface area contributed by atoms with E-state index in [0.29, 0.717) is 10.7 Å². The number of halogens is 1. The smallest absolute Gasteiger partial charge is 0.264 e. The molecule has 1 fully saturated rings. The molecule has 2 amide bonds. The average Bonchev–Trinajstić information content (AvgIpc) is 3.57. The SMILES string of the molecule is Cc1ccc(N(CC(=O)N(Cc2ccccc2)C(Cc2ccccc2)C(=O)NC2CCCC2)S(=O)(=O)c2ccc(Cl)cc2)cc1C. The predicted molar refractivity (Wildman–Crippen MR) is 183 cm³/mol. The van der Waals surface area contributed by atoms with Crippen LogP contribution in [0.2, 0.25) is 5.02 Å². The lowest BCUT2D eigenvalue weighted by Gasteiger charge is -2.34. The number of carbonyl (C=O) groups excluding carboxylic acids is 2. The van der Waals surface area contributed by atoms with Gasteiger partial charge in [-0.1, -0.05) is 91.2 Å². The van der Waals surface area contributed by atoms with Crippen molar-refractivity contribution in [2.24, 2.45) is 0 Å². The Labute approximate surface area is 277 Å². The largest absolute Gasteiger partial charge is 0.352 e. The molecule has 0 heterocycles. The van der Waals surface area contributed by atoms with E-state index >= 15 is 0 Å². The van der Waals surface area contributed by atoms with Crippen molar-refractivity contribution >= 4 is 39.1 Å². The fourth-order valence-electron chi connectivity index (χ4n) is 5.84. The number of carbonyl (C=O) groups is 2. The molecule has 5 rings (SSSR count). The van der Waals surface area contributed by atoms with Crippen LogP contribution >= 0.6 is 11.6 Å². The fourth-order valence-corrected chi connectivity index (χ4v) is 7.38. The van der Waals surface area contributed by atoms with Crippen molar-refractivity contribution in [2.45, 2.75) is 69.5 Å². The minimum absolute atomic E-state index is 0.0114. The molecule has 0 saturated heterocycles. The second-order valence-electron chi connectivity index (χ2n) is 11.9. The van der Waals surface area contributed by atoms with E-state index < -0.39 is 28.5 Å². The monoisotopic (exact) mass is 657 g/mol. The molecular weight excluding hydrogens is 618 g/mol. The molecule has 1 aliphatic rings. The summed E-state index contributed by atoms with van der Waals surface area (Å²) in [5.41, 5.74) is 3.98. The van der Waals surface area contributed by atoms with Crippen LogP contribution in [0, 0.1) is 13.8 Å². The quantitative estimate of drug-likeness (QED) is 0.181. The molecule has 4 aromatic rings. The van der Waals surface area contributed by atoms with Gasteiger partial charge in [0.1, 0.15) is 12.6 Å². The third-order valence-electron chi connectivity index (χ3n) is 8.63. The van der Waals surface area contributed by atoms with Gasteiger partial charge in [-0.15, -0.1) is 0 Å². The first-order valence-corrected chi connectivity index (χ1v) is 17.5. The molecular formula is C37H40ClN3O4S. The lowest BCUT2D eigenvalue weighted by Crippen LogP contribution is -2.54. The summed E-state index contributed by atoms with van der Waals surface area (Å²) in [7, 11) is -4.20. The highest BCUT2D eigenvalue weighted by Gasteiger charge is 2.35. The molecule has 1 aliphatic carbocycles. The zero-order valence-electron chi connectivity index (χ0n) is 26.2. The summed E-state index contributed by atoms with van der Waals surface area (Å²) in [4.78, 5) is 30.2. The van der Waals surface area contributed by atoms with Crippen molar-refractivity contribution in [1.82, 2.24) is 10.2 Å². The fraction of sp³-hybridized carbons (Fsp3) is 0.297. The van der Waals surface area contributed by atoms with Gasteiger partial charge in [-0.3, -0.25) is 13.9 Å². The van der Waals surface area contributed by atoms with Crippen molar-refractivity contribution < 1.29 is 18.0 Å². The summed E-state index contributed by atoms with van der Waals surface area (Å²) in [6.45, 7) is 3.49. The first kappa shape index (κ1) is 33.2. The molecule has 0 radical (unpaired) electrons. The van der Waals surface area contributed by atoms with E-state index in [1.165, 1.54) is 29.2 Å². The van der Waals surface area contributed by atoms with Crippen LogP contribution in [-0.2, 0) is 32.6 Å². The standard InChI is InChI=1S/C37H40ClN3O4S/c1-27-17-20-33(23-28(27)2)41(46(44,45)34-21-18-31(38)19-22-34)26-36(42)40(25-30-13-7-4-8-14-30)35(24-29-11-5-3-6-12-29)37(43)39-32-15-9-10-16-32/h3-8,11-14,17-23,32,35H,9-10,15-16,24-26H2,1-2H3,(H,39,43). The lowest BCUT2D eigenvalue weighted by atomic mass is 10.0. The van der Waals surface area contributed by atoms with E-state index in [-0.39, 0.29) is 29.8 Å². The highest BCUT2D eigenvalue weighted by atomic mass is 35.5. The molecule has 1 atom stereocenters. The van der Waals surface area contributed by atoms with Crippen LogP contribution in [0.15, 0.2) is 108 Å². The second kappa shape index (κ2) is 15.0. The van der Waals surface area contributed by atoms with Crippen LogP contribution in [-0.4, -0.2) is 43.8 Å². The van der Waals surface area contributed by atoms with E-state index in [4.69, 9.17) is 11.6 Å². The molecule has 1 N–H and O–H groups in total. The molecule has 9 heteroatoms. The van der Waals surface area contributed by atoms with E-state index in [9.17, 15) is 18.0 Å². The van der Waals surface area contributed by atoms with Crippen LogP contribution in [0.5, 0.6) is 0 Å². The molecule has 240 valence electrons. The van der Waals surface area contributed by atoms with E-state index in [1.54, 1.807) is 12.1 Å². The third-order valence-corrected chi connectivity index (χ3v) is 10.7. The van der Waals surface area contributed by atoms with Gasteiger partial charge in [0.15, 0.2) is 0 Å². The number of benzene rings is 4. The number of anilines is 1. The Balaban J connectivity index is 1.56. The van der Waals surface area contributed by atoms with Gasteiger partial charge < -0.3 is 10.2 Å². The molecule has 46 heavy (non-hydrogen) atoms. The van der Waals surface area contributed by atoms with Gasteiger partial charge in [0.2, 0.25) is 11.8 Å². The van der Waals surface area contributed by atoms with Gasteiger partial charge in [-0.2, -0.15) is 0 Å². The topological polar surface area (TPSA) is 86.8 Å². The molecule has 1 unspecified atom stereocenters. The third kappa shape index (κ3) is 8.17. The number of hydrogen-bond donors (Lipinski definition) is 1. The number of amides is 2. The highest BCUT2D eigenvalue weighted by Crippen LogP contribution is 2.28. The summed E-state index contributed by atoms with van der Waals surface area (Å²) in [5.74, 6) is -0.722. The Bertz CT molecular complexity index is 1740. The summed E-state index contributed by atoms with van der Waals surface area (Å²) < 4.78 is 29.6. The number of rotatable bonds is 12. The number of sulfonamides is 1. The number of aryl methyl sites for hydroxylation is 2. The van der Waals surface area contributed by atoms with Crippen molar-refractivity contribution in [2.75, 3.05) is 10.8 Å². The predicted octanol–water partition coefficient (Wildman–Crippen LogP) is 6.85. The molecule has 0 aromatic heterocycles. The van der Waals surface area contributed by atoms with Crippen LogP contribution in [0.4, 0.5) is 5.69 Å². The molecule has 0 aliphatic heterocycles. The first-order valence-electron chi connectivity index (χ1n) is 15.6. The molecule has 0 spiro atoms. The zero-order chi connectivity index (χ0) is 32.7. The first-order chi connectivity index (χ1) is 22.1. The van der Waals surface area contributed by atoms with Gasteiger partial charge in [0.05, 0.1) is 10.6 Å². The van der Waals surface area contributed by atoms with Crippen molar-refractivity contribution in [3.8, 4) is 0 Å². The molecule has 1 saturated carbocycles. The number of nitrogens with one attached hydrogen (secondary N) is 1. The van der Waals surface area contributed by atoms with E-state index in [1.807, 2.05) is 80.6 Å². The summed E-state index contributed by atoms with van der Waals surface area (Å²) in [5, 5.41) is 3.60. The lowest BCUT2D eigenvalue weighted by molar-refractivity contribution is -0.140. The van der Waals surface area contributed by atoms with Gasteiger partial charge in [-0.25, -0.2) is 8.42 Å². The van der Waals surface area contributed by atoms with Gasteiger partial charge in [-0.05, 0) is 85.3 Å². The molecule has 7 nitrogen and oxygen atoms in total. The Morgan fingerprint density at radius 2 is 1.43 bits per heavy atom. The summed E-state index contributed by atoms with van der Waals surface area (Å²) in [6, 6.07) is 29.5. The average molecular weight is 658 g/mol. The number of nitrogens with zero attached hydrogens (tertiary/aromatic N) is 2. The van der Waals surface area contributed by atoms with E-state index in [2.05, 4.69) is 5.32 Å². The van der Waals surface area contributed by atoms with Crippen LogP contribution < -0.4 is 9.62 Å². The minimum atomic E-state index is -4.20. The van der Waals surface area contributed by atoms with E-state index in [0.717, 1.165) is 52.2 Å². The van der Waals surface area contributed by atoms with Crippen LogP contribution in [0.25, 0.3) is 0 Å². The summed E-state index contributed by atoms with van der Waals surface area (Å²) in [6.07, 6.45) is 4.18. The Kier molecular flexibility index (Phi) is 10.8. The van der Waals surface area contributed by atoms with Crippen LogP contribution in [0.1, 0.15) is 47.9 Å². The zero-order valence-corrected chi connectivity index (χ0v) is 27.8. The van der Waals surface area contributed by atoms with Crippen molar-refractivity contribution in [1.29, 1.82) is 0 Å². The molecule has 0 bridgehead atoms. The summed E-state index contributed by atoms with van der Waals surface area (Å²) >= 11 is 6.08. The van der Waals surface area contributed by atoms with Crippen LogP contribution in [0.3, 0.4) is 0 Å². The van der Waals surface area contributed by atoms with Crippen molar-refractivity contribution in [3.63, 3.8) is 0 Å². The number of hydrogen-bond acceptors (Lipinski definition) is 4. The minimum Gasteiger partial charge on any atom is -0.352 e. The molecule has 4 aromatic carbocycles. The van der Waals surface area contributed by atoms with Crippen molar-refractivity contribution in [3.05, 3.63) is 130 Å².